The second-order valence-corrected chi connectivity index (χ2v) is 4.49. The van der Waals surface area contributed by atoms with Crippen molar-refractivity contribution in [3.8, 4) is 0 Å². The number of nitrogens with one attached hydrogen (secondary N) is 1. The summed E-state index contributed by atoms with van der Waals surface area (Å²) in [5.74, 6) is -1.74. The molecule has 2 amide bonds. The van der Waals surface area contributed by atoms with Gasteiger partial charge in [0.1, 0.15) is 5.82 Å². The van der Waals surface area contributed by atoms with E-state index in [1.54, 1.807) is 6.07 Å². The van der Waals surface area contributed by atoms with Gasteiger partial charge in [-0.2, -0.15) is 0 Å². The van der Waals surface area contributed by atoms with Crippen molar-refractivity contribution in [2.75, 3.05) is 7.05 Å². The maximum absolute atomic E-state index is 13.0. The molecule has 1 aromatic carbocycles. The first-order valence-corrected chi connectivity index (χ1v) is 5.98. The monoisotopic (exact) mass is 284 g/mol. The normalized spacial score (nSPS) is 13.4. The molecule has 0 aliphatic carbocycles. The summed E-state index contributed by atoms with van der Waals surface area (Å²) in [5, 5.41) is 20.3. The lowest BCUT2D eigenvalue weighted by Gasteiger charge is -2.22. The number of benzene rings is 1. The van der Waals surface area contributed by atoms with Gasteiger partial charge in [-0.15, -0.1) is 0 Å². The molecule has 0 saturated heterocycles. The number of carbonyl (C=O) groups excluding carboxylic acids is 1. The zero-order valence-electron chi connectivity index (χ0n) is 11.2. The standard InChI is InChI=1S/C13H17FN2O4/c1-8(17)11(12(18)19)15-13(20)16(2)7-9-4-3-5-10(14)6-9/h3-6,8,11,17H,7H2,1-2H3,(H,15,20)(H,18,19)/t8-,11+/m1/s1. The highest BCUT2D eigenvalue weighted by molar-refractivity contribution is 5.82. The average molecular weight is 284 g/mol. The molecule has 0 bridgehead atoms. The summed E-state index contributed by atoms with van der Waals surface area (Å²) in [6.45, 7) is 1.39. The van der Waals surface area contributed by atoms with E-state index in [1.165, 1.54) is 37.1 Å². The fourth-order valence-corrected chi connectivity index (χ4v) is 1.61. The number of carboxylic acids is 1. The number of aliphatic carboxylic acids is 1. The number of aliphatic hydroxyl groups excluding tert-OH is 1. The Kier molecular flexibility index (Phi) is 5.45. The SMILES string of the molecule is C[C@@H](O)[C@H](NC(=O)N(C)Cc1cccc(F)c1)C(=O)O. The number of aliphatic hydroxyl groups is 1. The molecule has 0 aliphatic rings. The van der Waals surface area contributed by atoms with Crippen LogP contribution in [0.2, 0.25) is 0 Å². The Hall–Kier alpha value is -2.15. The Morgan fingerprint density at radius 3 is 2.60 bits per heavy atom. The highest BCUT2D eigenvalue weighted by atomic mass is 19.1. The molecule has 2 atom stereocenters. The van der Waals surface area contributed by atoms with Crippen LogP contribution >= 0.6 is 0 Å². The number of rotatable bonds is 5. The highest BCUT2D eigenvalue weighted by Crippen LogP contribution is 2.06. The lowest BCUT2D eigenvalue weighted by molar-refractivity contribution is -0.141. The Balaban J connectivity index is 2.65. The molecule has 0 aliphatic heterocycles. The largest absolute Gasteiger partial charge is 0.480 e. The molecule has 6 nitrogen and oxygen atoms in total. The van der Waals surface area contributed by atoms with Crippen molar-refractivity contribution in [3.05, 3.63) is 35.6 Å². The Bertz CT molecular complexity index is 493. The molecule has 0 fully saturated rings. The van der Waals surface area contributed by atoms with Crippen molar-refractivity contribution in [2.24, 2.45) is 0 Å². The van der Waals surface area contributed by atoms with Gasteiger partial charge < -0.3 is 20.4 Å². The topological polar surface area (TPSA) is 89.9 Å². The third-order valence-corrected chi connectivity index (χ3v) is 2.68. The minimum absolute atomic E-state index is 0.121. The van der Waals surface area contributed by atoms with Gasteiger partial charge in [0.05, 0.1) is 6.10 Å². The molecular formula is C13H17FN2O4. The lowest BCUT2D eigenvalue weighted by atomic mass is 10.2. The average Bonchev–Trinajstić information content (AvgIpc) is 2.34. The van der Waals surface area contributed by atoms with Gasteiger partial charge in [-0.3, -0.25) is 0 Å². The van der Waals surface area contributed by atoms with Crippen LogP contribution in [0.1, 0.15) is 12.5 Å². The van der Waals surface area contributed by atoms with Crippen LogP contribution in [0.25, 0.3) is 0 Å². The molecule has 0 spiro atoms. The van der Waals surface area contributed by atoms with E-state index in [0.29, 0.717) is 5.56 Å². The molecule has 110 valence electrons. The van der Waals surface area contributed by atoms with E-state index in [1.807, 2.05) is 0 Å². The molecule has 0 aromatic heterocycles. The van der Waals surface area contributed by atoms with Crippen LogP contribution in [0.4, 0.5) is 9.18 Å². The number of hydrogen-bond acceptors (Lipinski definition) is 3. The molecule has 7 heteroatoms. The van der Waals surface area contributed by atoms with E-state index >= 15 is 0 Å². The second kappa shape index (κ2) is 6.85. The molecule has 0 saturated carbocycles. The van der Waals surface area contributed by atoms with Gasteiger partial charge in [-0.25, -0.2) is 14.0 Å². The number of carboxylic acid groups (broad SMARTS) is 1. The van der Waals surface area contributed by atoms with E-state index in [0.717, 1.165) is 0 Å². The van der Waals surface area contributed by atoms with Gasteiger partial charge in [0, 0.05) is 13.6 Å². The third kappa shape index (κ3) is 4.51. The molecule has 1 aromatic rings. The highest BCUT2D eigenvalue weighted by Gasteiger charge is 2.26. The van der Waals surface area contributed by atoms with Gasteiger partial charge in [-0.1, -0.05) is 12.1 Å². The second-order valence-electron chi connectivity index (χ2n) is 4.49. The van der Waals surface area contributed by atoms with Crippen LogP contribution in [0, 0.1) is 5.82 Å². The van der Waals surface area contributed by atoms with Crippen molar-refractivity contribution in [3.63, 3.8) is 0 Å². The summed E-state index contributed by atoms with van der Waals surface area (Å²) < 4.78 is 13.0. The first kappa shape index (κ1) is 15.9. The number of urea groups is 1. The van der Waals surface area contributed by atoms with E-state index in [-0.39, 0.29) is 6.54 Å². The Morgan fingerprint density at radius 2 is 2.10 bits per heavy atom. The van der Waals surface area contributed by atoms with Crippen molar-refractivity contribution < 1.29 is 24.2 Å². The fourth-order valence-electron chi connectivity index (χ4n) is 1.61. The van der Waals surface area contributed by atoms with Crippen LogP contribution in [-0.2, 0) is 11.3 Å². The predicted octanol–water partition coefficient (Wildman–Crippen LogP) is 0.801. The molecule has 20 heavy (non-hydrogen) atoms. The van der Waals surface area contributed by atoms with Crippen LogP contribution in [-0.4, -0.2) is 46.3 Å². The summed E-state index contributed by atoms with van der Waals surface area (Å²) in [6, 6.07) is 3.69. The molecule has 1 rings (SSSR count). The summed E-state index contributed by atoms with van der Waals surface area (Å²) in [4.78, 5) is 23.9. The zero-order chi connectivity index (χ0) is 15.3. The molecule has 0 heterocycles. The van der Waals surface area contributed by atoms with Gasteiger partial charge >= 0.3 is 12.0 Å². The minimum atomic E-state index is -1.39. The van der Waals surface area contributed by atoms with Crippen molar-refractivity contribution >= 4 is 12.0 Å². The van der Waals surface area contributed by atoms with Gasteiger partial charge in [0.15, 0.2) is 6.04 Å². The van der Waals surface area contributed by atoms with Gasteiger partial charge in [0.2, 0.25) is 0 Å². The fraction of sp³-hybridized carbons (Fsp3) is 0.385. The molecule has 0 unspecified atom stereocenters. The molecule has 0 radical (unpaired) electrons. The van der Waals surface area contributed by atoms with Crippen molar-refractivity contribution in [1.82, 2.24) is 10.2 Å². The summed E-state index contributed by atoms with van der Waals surface area (Å²) in [5.41, 5.74) is 0.576. The van der Waals surface area contributed by atoms with E-state index < -0.39 is 30.0 Å². The predicted molar refractivity (Wildman–Crippen MR) is 69.5 cm³/mol. The number of amides is 2. The first-order chi connectivity index (χ1) is 9.31. The van der Waals surface area contributed by atoms with Gasteiger partial charge in [0.25, 0.3) is 0 Å². The zero-order valence-corrected chi connectivity index (χ0v) is 11.2. The smallest absolute Gasteiger partial charge is 0.328 e. The third-order valence-electron chi connectivity index (χ3n) is 2.68. The van der Waals surface area contributed by atoms with Gasteiger partial charge in [-0.05, 0) is 24.6 Å². The minimum Gasteiger partial charge on any atom is -0.480 e. The van der Waals surface area contributed by atoms with E-state index in [9.17, 15) is 19.1 Å². The van der Waals surface area contributed by atoms with Crippen molar-refractivity contribution in [2.45, 2.75) is 25.6 Å². The summed E-state index contributed by atoms with van der Waals surface area (Å²) in [6.07, 6.45) is -1.22. The quantitative estimate of drug-likeness (QED) is 0.746. The van der Waals surface area contributed by atoms with E-state index in [2.05, 4.69) is 5.32 Å². The van der Waals surface area contributed by atoms with Crippen molar-refractivity contribution in [1.29, 1.82) is 0 Å². The van der Waals surface area contributed by atoms with Crippen LogP contribution < -0.4 is 5.32 Å². The Labute approximate surface area is 115 Å². The lowest BCUT2D eigenvalue weighted by Crippen LogP contribution is -2.51. The van der Waals surface area contributed by atoms with Crippen LogP contribution in [0.5, 0.6) is 0 Å². The first-order valence-electron chi connectivity index (χ1n) is 5.98. The molecular weight excluding hydrogens is 267 g/mol. The molecule has 3 N–H and O–H groups in total. The number of halogens is 1. The Morgan fingerprint density at radius 1 is 1.45 bits per heavy atom. The maximum atomic E-state index is 13.0. The summed E-state index contributed by atoms with van der Waals surface area (Å²) >= 11 is 0. The number of carbonyl (C=O) groups is 2. The number of hydrogen-bond donors (Lipinski definition) is 3. The maximum Gasteiger partial charge on any atom is 0.328 e. The number of nitrogens with zero attached hydrogens (tertiary/aromatic N) is 1. The van der Waals surface area contributed by atoms with Crippen LogP contribution in [0.15, 0.2) is 24.3 Å². The summed E-state index contributed by atoms with van der Waals surface area (Å²) in [7, 11) is 1.45. The van der Waals surface area contributed by atoms with Crippen LogP contribution in [0.3, 0.4) is 0 Å². The van der Waals surface area contributed by atoms with E-state index in [4.69, 9.17) is 5.11 Å².